The molecule has 4 amide bonds. The van der Waals surface area contributed by atoms with Gasteiger partial charge in [0.05, 0.1) is 16.3 Å². The van der Waals surface area contributed by atoms with Gasteiger partial charge in [-0.05, 0) is 68.5 Å². The number of halogens is 4. The molecule has 4 aliphatic heterocycles. The third-order valence-corrected chi connectivity index (χ3v) is 10.9. The number of carbonyl (C=O) groups excluding carboxylic acids is 3. The first-order valence-corrected chi connectivity index (χ1v) is 17.7. The Morgan fingerprint density at radius 3 is 2.26 bits per heavy atom. The number of anilines is 2. The minimum absolute atomic E-state index is 0.0851. The number of nitrogens with one attached hydrogen (secondary N) is 1. The smallest absolute Gasteiger partial charge is 0.418 e. The van der Waals surface area contributed by atoms with Crippen LogP contribution in [-0.4, -0.2) is 127 Å². The van der Waals surface area contributed by atoms with Crippen LogP contribution in [0.3, 0.4) is 0 Å². The number of benzene rings is 2. The lowest BCUT2D eigenvalue weighted by atomic mass is 9.99. The molecule has 0 aliphatic carbocycles. The number of rotatable bonds is 6. The van der Waals surface area contributed by atoms with Crippen LogP contribution in [0.15, 0.2) is 36.4 Å². The standard InChI is InChI=1S/C35H45ClF3N7O4/c1-42-16-18-43(19-17-42)25-7-11-44(12-8-25)32(47)30(22-23-20-27(35(37,38)39)31(40)28(36)21-23)50-34(49)45-13-9-26(10-14-45)46-15-6-24-4-2-3-5-29(24)41-33(46)48/h2-5,20-21,25-26,30H,6-19,22,40H2,1H3,(H,41,48). The van der Waals surface area contributed by atoms with E-state index >= 15 is 0 Å². The molecule has 4 aliphatic rings. The van der Waals surface area contributed by atoms with Gasteiger partial charge in [-0.1, -0.05) is 29.8 Å². The van der Waals surface area contributed by atoms with Crippen molar-refractivity contribution in [2.75, 3.05) is 77.0 Å². The first-order valence-electron chi connectivity index (χ1n) is 17.3. The van der Waals surface area contributed by atoms with E-state index in [1.165, 1.54) is 11.0 Å². The van der Waals surface area contributed by atoms with Crippen molar-refractivity contribution >= 4 is 41.0 Å². The second-order valence-electron chi connectivity index (χ2n) is 13.8. The molecular weight excluding hydrogens is 675 g/mol. The summed E-state index contributed by atoms with van der Waals surface area (Å²) in [5, 5.41) is 2.70. The van der Waals surface area contributed by atoms with Crippen molar-refractivity contribution in [2.24, 2.45) is 0 Å². The normalized spacial score (nSPS) is 21.0. The fraction of sp³-hybridized carbons (Fsp3) is 0.571. The molecule has 3 saturated heterocycles. The first kappa shape index (κ1) is 36.1. The van der Waals surface area contributed by atoms with E-state index in [0.29, 0.717) is 58.0 Å². The largest absolute Gasteiger partial charge is 0.436 e. The lowest BCUT2D eigenvalue weighted by molar-refractivity contribution is -0.142. The predicted octanol–water partition coefficient (Wildman–Crippen LogP) is 4.78. The molecule has 1 unspecified atom stereocenters. The van der Waals surface area contributed by atoms with E-state index < -0.39 is 35.5 Å². The van der Waals surface area contributed by atoms with Gasteiger partial charge in [-0.3, -0.25) is 9.69 Å². The highest BCUT2D eigenvalue weighted by atomic mass is 35.5. The molecule has 2 aromatic rings. The molecule has 3 fully saturated rings. The highest BCUT2D eigenvalue weighted by Crippen LogP contribution is 2.38. The molecule has 0 saturated carbocycles. The predicted molar refractivity (Wildman–Crippen MR) is 184 cm³/mol. The number of para-hydroxylation sites is 1. The second kappa shape index (κ2) is 15.2. The number of piperidine rings is 2. The highest BCUT2D eigenvalue weighted by Gasteiger charge is 2.38. The minimum atomic E-state index is -4.76. The monoisotopic (exact) mass is 719 g/mol. The number of nitrogens with zero attached hydrogens (tertiary/aromatic N) is 5. The summed E-state index contributed by atoms with van der Waals surface area (Å²) >= 11 is 6.11. The van der Waals surface area contributed by atoms with E-state index in [1.807, 2.05) is 29.2 Å². The number of alkyl halides is 3. The average Bonchev–Trinajstić information content (AvgIpc) is 3.27. The SMILES string of the molecule is CN1CCN(C2CCN(C(=O)C(Cc3cc(Cl)c(N)c(C(F)(F)F)c3)OC(=O)N3CCC(N4CCc5ccccc5NC4=O)CC3)CC2)CC1. The van der Waals surface area contributed by atoms with E-state index in [4.69, 9.17) is 22.1 Å². The van der Waals surface area contributed by atoms with Crippen LogP contribution >= 0.6 is 11.6 Å². The van der Waals surface area contributed by atoms with Gasteiger partial charge in [-0.25, -0.2) is 9.59 Å². The van der Waals surface area contributed by atoms with Gasteiger partial charge in [0.15, 0.2) is 6.10 Å². The topological polar surface area (TPSA) is 115 Å². The number of nitrogen functional groups attached to an aromatic ring is 1. The van der Waals surface area contributed by atoms with Crippen LogP contribution < -0.4 is 11.1 Å². The molecule has 2 aromatic carbocycles. The molecule has 3 N–H and O–H groups in total. The lowest BCUT2D eigenvalue weighted by Gasteiger charge is -2.42. The van der Waals surface area contributed by atoms with Crippen LogP contribution in [0.2, 0.25) is 5.02 Å². The van der Waals surface area contributed by atoms with Crippen molar-refractivity contribution < 1.29 is 32.3 Å². The maximum Gasteiger partial charge on any atom is 0.418 e. The number of amides is 4. The summed E-state index contributed by atoms with van der Waals surface area (Å²) in [6, 6.07) is 9.91. The zero-order valence-electron chi connectivity index (χ0n) is 28.3. The zero-order valence-corrected chi connectivity index (χ0v) is 29.0. The van der Waals surface area contributed by atoms with Crippen LogP contribution in [0.4, 0.5) is 34.1 Å². The van der Waals surface area contributed by atoms with E-state index in [1.54, 1.807) is 4.90 Å². The van der Waals surface area contributed by atoms with Gasteiger partial charge in [0.25, 0.3) is 5.91 Å². The quantitative estimate of drug-likeness (QED) is 0.413. The zero-order chi connectivity index (χ0) is 35.6. The van der Waals surface area contributed by atoms with Crippen molar-refractivity contribution in [1.29, 1.82) is 0 Å². The summed E-state index contributed by atoms with van der Waals surface area (Å²) in [6.07, 6.45) is -3.90. The summed E-state index contributed by atoms with van der Waals surface area (Å²) < 4.78 is 47.3. The summed E-state index contributed by atoms with van der Waals surface area (Å²) in [4.78, 5) is 50.3. The molecule has 0 radical (unpaired) electrons. The molecule has 1 atom stereocenters. The third-order valence-electron chi connectivity index (χ3n) is 10.6. The Bertz CT molecular complexity index is 1560. The lowest BCUT2D eigenvalue weighted by Crippen LogP contribution is -2.54. The number of likely N-dealkylation sites (tertiary alicyclic amines) is 2. The Labute approximate surface area is 295 Å². The molecule has 4 heterocycles. The van der Waals surface area contributed by atoms with Crippen LogP contribution in [0.5, 0.6) is 0 Å². The van der Waals surface area contributed by atoms with Gasteiger partial charge in [-0.15, -0.1) is 0 Å². The van der Waals surface area contributed by atoms with Crippen molar-refractivity contribution in [3.05, 3.63) is 58.1 Å². The van der Waals surface area contributed by atoms with Gasteiger partial charge in [0, 0.05) is 83.1 Å². The molecule has 0 aromatic heterocycles. The molecule has 50 heavy (non-hydrogen) atoms. The summed E-state index contributed by atoms with van der Waals surface area (Å²) in [5.74, 6) is -0.452. The van der Waals surface area contributed by atoms with Gasteiger partial charge < -0.3 is 35.4 Å². The van der Waals surface area contributed by atoms with Crippen LogP contribution in [0, 0.1) is 0 Å². The molecule has 272 valence electrons. The van der Waals surface area contributed by atoms with Crippen molar-refractivity contribution in [1.82, 2.24) is 24.5 Å². The fourth-order valence-electron chi connectivity index (χ4n) is 7.56. The van der Waals surface area contributed by atoms with Crippen LogP contribution in [-0.2, 0) is 28.5 Å². The molecule has 0 bridgehead atoms. The molecule has 6 rings (SSSR count). The summed E-state index contributed by atoms with van der Waals surface area (Å²) in [7, 11) is 2.10. The molecule has 0 spiro atoms. The van der Waals surface area contributed by atoms with E-state index in [0.717, 1.165) is 56.3 Å². The van der Waals surface area contributed by atoms with E-state index in [9.17, 15) is 27.6 Å². The van der Waals surface area contributed by atoms with Crippen molar-refractivity contribution in [3.8, 4) is 0 Å². The van der Waals surface area contributed by atoms with Gasteiger partial charge in [0.1, 0.15) is 0 Å². The minimum Gasteiger partial charge on any atom is -0.436 e. The van der Waals surface area contributed by atoms with Crippen LogP contribution in [0.25, 0.3) is 0 Å². The van der Waals surface area contributed by atoms with Crippen molar-refractivity contribution in [2.45, 2.75) is 62.9 Å². The molecular formula is C35H45ClF3N7O4. The van der Waals surface area contributed by atoms with Gasteiger partial charge >= 0.3 is 18.3 Å². The number of hydrogen-bond acceptors (Lipinski definition) is 7. The number of hydrogen-bond donors (Lipinski definition) is 2. The van der Waals surface area contributed by atoms with E-state index in [2.05, 4.69) is 22.2 Å². The average molecular weight is 720 g/mol. The third kappa shape index (κ3) is 8.24. The van der Waals surface area contributed by atoms with Crippen molar-refractivity contribution in [3.63, 3.8) is 0 Å². The second-order valence-corrected chi connectivity index (χ2v) is 14.2. The number of nitrogens with two attached hydrogens (primary N) is 1. The number of carbonyl (C=O) groups is 3. The maximum atomic E-state index is 14.0. The maximum absolute atomic E-state index is 14.0. The first-order chi connectivity index (χ1) is 23.9. The number of ether oxygens (including phenoxy) is 1. The summed E-state index contributed by atoms with van der Waals surface area (Å²) in [5.41, 5.74) is 5.90. The number of urea groups is 1. The number of likely N-dealkylation sites (N-methyl/N-ethyl adjacent to an activating group) is 1. The molecule has 15 heteroatoms. The van der Waals surface area contributed by atoms with Gasteiger partial charge in [-0.2, -0.15) is 13.2 Å². The highest BCUT2D eigenvalue weighted by molar-refractivity contribution is 6.33. The molecule has 11 nitrogen and oxygen atoms in total. The van der Waals surface area contributed by atoms with Gasteiger partial charge in [0.2, 0.25) is 0 Å². The Kier molecular flexibility index (Phi) is 11.0. The Hall–Kier alpha value is -3.75. The number of fused-ring (bicyclic) bond motifs is 1. The Balaban J connectivity index is 1.12. The summed E-state index contributed by atoms with van der Waals surface area (Å²) in [6.45, 7) is 5.93. The fourth-order valence-corrected chi connectivity index (χ4v) is 7.80. The Morgan fingerprint density at radius 1 is 0.940 bits per heavy atom. The Morgan fingerprint density at radius 2 is 1.58 bits per heavy atom. The van der Waals surface area contributed by atoms with E-state index in [-0.39, 0.29) is 29.1 Å². The van der Waals surface area contributed by atoms with Crippen LogP contribution in [0.1, 0.15) is 42.4 Å². The number of piperazine rings is 1.